The Kier molecular flexibility index (Phi) is 61.2. The monoisotopic (exact) mass is 1290 g/mol. The Balaban J connectivity index is 4.67. The highest BCUT2D eigenvalue weighted by Gasteiger charge is 2.29. The lowest BCUT2D eigenvalue weighted by Crippen LogP contribution is -2.30. The number of phosphoric acid groups is 2. The van der Waals surface area contributed by atoms with Crippen LogP contribution in [0.25, 0.3) is 0 Å². The first-order valence-electron chi connectivity index (χ1n) is 33.8. The molecule has 0 saturated heterocycles. The van der Waals surface area contributed by atoms with E-state index in [1.165, 1.54) is 25.7 Å². The van der Waals surface area contributed by atoms with E-state index in [0.29, 0.717) is 19.3 Å². The molecule has 4 N–H and O–H groups in total. The van der Waals surface area contributed by atoms with Crippen LogP contribution in [0.1, 0.15) is 252 Å². The molecule has 0 aromatic heterocycles. The molecule has 0 amide bonds. The van der Waals surface area contributed by atoms with Crippen molar-refractivity contribution < 1.29 is 75.8 Å². The number of ether oxygens (including phenoxy) is 3. The van der Waals surface area contributed by atoms with Crippen molar-refractivity contribution in [1.82, 2.24) is 0 Å². The number of aliphatic hydroxyl groups is 2. The van der Waals surface area contributed by atoms with Crippen LogP contribution >= 0.6 is 15.6 Å². The van der Waals surface area contributed by atoms with Crippen molar-refractivity contribution in [2.24, 2.45) is 0 Å². The molecule has 0 aromatic rings. The zero-order valence-electron chi connectivity index (χ0n) is 55.1. The smallest absolute Gasteiger partial charge is 0.463 e. The van der Waals surface area contributed by atoms with Crippen LogP contribution in [0.2, 0.25) is 0 Å². The molecule has 0 fully saturated rings. The summed E-state index contributed by atoms with van der Waals surface area (Å²) in [7, 11) is -9.79. The van der Waals surface area contributed by atoms with Crippen LogP contribution in [0.3, 0.4) is 0 Å². The van der Waals surface area contributed by atoms with Gasteiger partial charge in [-0.3, -0.25) is 32.5 Å². The van der Waals surface area contributed by atoms with Crippen LogP contribution in [-0.2, 0) is 55.8 Å². The second-order valence-corrected chi connectivity index (χ2v) is 25.1. The molecule has 0 aliphatic carbocycles. The molecule has 0 aliphatic rings. The third kappa shape index (κ3) is 65.3. The van der Waals surface area contributed by atoms with Gasteiger partial charge in [0.25, 0.3) is 0 Å². The lowest BCUT2D eigenvalue weighted by molar-refractivity contribution is -0.161. The summed E-state index contributed by atoms with van der Waals surface area (Å²) in [6, 6.07) is 0. The van der Waals surface area contributed by atoms with Crippen LogP contribution in [0.4, 0.5) is 0 Å². The Morgan fingerprint density at radius 3 is 0.955 bits per heavy atom. The molecular formula is C71H120O16P2. The summed E-state index contributed by atoms with van der Waals surface area (Å²) in [5, 5.41) is 20.5. The molecule has 0 heterocycles. The number of hydrogen-bond acceptors (Lipinski definition) is 14. The quantitative estimate of drug-likeness (QED) is 0.0146. The molecule has 0 bridgehead atoms. The maximum atomic E-state index is 12.9. The number of aliphatic hydroxyl groups excluding tert-OH is 2. The van der Waals surface area contributed by atoms with Crippen molar-refractivity contribution in [3.8, 4) is 0 Å². The first-order valence-corrected chi connectivity index (χ1v) is 36.8. The van der Waals surface area contributed by atoms with E-state index in [2.05, 4.69) is 142 Å². The van der Waals surface area contributed by atoms with E-state index in [-0.39, 0.29) is 19.3 Å². The molecule has 16 nitrogen and oxygen atoms in total. The molecule has 0 radical (unpaired) electrons. The lowest BCUT2D eigenvalue weighted by Gasteiger charge is -2.21. The summed E-state index contributed by atoms with van der Waals surface area (Å²) >= 11 is 0. The number of phosphoric ester groups is 2. The van der Waals surface area contributed by atoms with Gasteiger partial charge in [-0.1, -0.05) is 226 Å². The number of allylic oxidation sites excluding steroid dienone is 20. The van der Waals surface area contributed by atoms with Gasteiger partial charge in [-0.05, 0) is 128 Å². The lowest BCUT2D eigenvalue weighted by atomic mass is 10.1. The number of carbonyl (C=O) groups excluding carboxylic acids is 3. The molecule has 0 aliphatic heterocycles. The SMILES string of the molecule is CC/C=C\C/C=C\C/C=C\C/C=C\C/C=C\CCCCCCCC(=O)OCC(O)COP(=O)(O)OCC(O)COP(=O)(O)OCC(COC(=O)CCCCCCCC/C=C\C/C=C\C/C=C\C/C=C\CC)OC(=O)CCCCCCC/C=C\CCCCCC. The summed E-state index contributed by atoms with van der Waals surface area (Å²) in [5.74, 6) is -1.62. The van der Waals surface area contributed by atoms with Crippen LogP contribution in [0, 0.1) is 0 Å². The van der Waals surface area contributed by atoms with Crippen molar-refractivity contribution in [3.05, 3.63) is 122 Å². The van der Waals surface area contributed by atoms with Gasteiger partial charge in [-0.2, -0.15) is 0 Å². The molecule has 0 spiro atoms. The van der Waals surface area contributed by atoms with E-state index in [4.69, 9.17) is 32.3 Å². The van der Waals surface area contributed by atoms with Gasteiger partial charge in [-0.15, -0.1) is 0 Å². The molecule has 89 heavy (non-hydrogen) atoms. The number of unbranched alkanes of at least 4 members (excludes halogenated alkanes) is 20. The fraction of sp³-hybridized carbons (Fsp3) is 0.676. The zero-order valence-corrected chi connectivity index (χ0v) is 56.8. The topological polar surface area (TPSA) is 231 Å². The van der Waals surface area contributed by atoms with E-state index < -0.39 is 91.5 Å². The van der Waals surface area contributed by atoms with E-state index in [9.17, 15) is 43.5 Å². The molecule has 0 saturated carbocycles. The number of hydrogen-bond donors (Lipinski definition) is 4. The molecular weight excluding hydrogens is 1170 g/mol. The number of esters is 3. The summed E-state index contributed by atoms with van der Waals surface area (Å²) in [6.07, 6.45) is 72.5. The van der Waals surface area contributed by atoms with Crippen molar-refractivity contribution in [2.75, 3.05) is 39.6 Å². The molecule has 5 atom stereocenters. The van der Waals surface area contributed by atoms with Gasteiger partial charge in [0, 0.05) is 19.3 Å². The van der Waals surface area contributed by atoms with Crippen LogP contribution in [-0.4, -0.2) is 95.9 Å². The zero-order chi connectivity index (χ0) is 65.3. The van der Waals surface area contributed by atoms with E-state index >= 15 is 0 Å². The maximum Gasteiger partial charge on any atom is 0.472 e. The van der Waals surface area contributed by atoms with Gasteiger partial charge < -0.3 is 34.2 Å². The summed E-state index contributed by atoms with van der Waals surface area (Å²) in [4.78, 5) is 58.3. The van der Waals surface area contributed by atoms with Gasteiger partial charge in [0.2, 0.25) is 0 Å². The second-order valence-electron chi connectivity index (χ2n) is 22.2. The Labute approximate surface area is 538 Å². The average Bonchev–Trinajstić information content (AvgIpc) is 3.55. The Hall–Kier alpha value is -4.05. The highest BCUT2D eigenvalue weighted by molar-refractivity contribution is 7.47. The van der Waals surface area contributed by atoms with E-state index in [0.717, 1.165) is 167 Å². The number of carbonyl (C=O) groups is 3. The summed E-state index contributed by atoms with van der Waals surface area (Å²) in [6.45, 7) is 2.36. The standard InChI is InChI=1S/C71H120O16P2/c1-4-7-10-13-16-19-22-25-27-29-31-32-34-36-37-40-42-45-48-51-54-57-69(74)81-60-66(72)61-83-88(77,78)84-62-67(73)63-85-89(79,80)86-65-68(87-71(76)59-56-53-50-47-44-39-24-21-18-15-12-9-6-3)64-82-70(75)58-55-52-49-46-43-41-38-35-33-30-28-26-23-20-17-14-11-8-5-2/h7-8,10-11,16-17,19-21,24-28,31-33,35-37,66-68,72-73H,4-6,9,12-15,18,22-23,29-30,34,38-65H2,1-3H3,(H,77,78)(H,79,80)/b10-7-,11-8-,19-16-,20-17-,24-21-,27-25-,28-26-,32-31-,35-33-,37-36-. The third-order valence-corrected chi connectivity index (χ3v) is 15.6. The van der Waals surface area contributed by atoms with Gasteiger partial charge in [-0.25, -0.2) is 9.13 Å². The summed E-state index contributed by atoms with van der Waals surface area (Å²) < 4.78 is 60.8. The second kappa shape index (κ2) is 64.1. The normalized spacial score (nSPS) is 15.0. The van der Waals surface area contributed by atoms with Gasteiger partial charge in [0.15, 0.2) is 6.10 Å². The minimum absolute atomic E-state index is 0.0882. The highest BCUT2D eigenvalue weighted by Crippen LogP contribution is 2.45. The Morgan fingerprint density at radius 1 is 0.326 bits per heavy atom. The third-order valence-electron chi connectivity index (χ3n) is 13.7. The molecule has 5 unspecified atom stereocenters. The van der Waals surface area contributed by atoms with Gasteiger partial charge >= 0.3 is 33.6 Å². The number of rotatable bonds is 63. The fourth-order valence-corrected chi connectivity index (χ4v) is 10.1. The van der Waals surface area contributed by atoms with Gasteiger partial charge in [0.05, 0.1) is 26.4 Å². The first kappa shape index (κ1) is 85.0. The Morgan fingerprint density at radius 2 is 0.596 bits per heavy atom. The predicted octanol–water partition coefficient (Wildman–Crippen LogP) is 18.6. The van der Waals surface area contributed by atoms with Crippen molar-refractivity contribution in [3.63, 3.8) is 0 Å². The van der Waals surface area contributed by atoms with E-state index in [1.54, 1.807) is 0 Å². The first-order chi connectivity index (χ1) is 43.2. The minimum Gasteiger partial charge on any atom is -0.463 e. The predicted molar refractivity (Wildman–Crippen MR) is 362 cm³/mol. The fourth-order valence-electron chi connectivity index (χ4n) is 8.52. The average molecular weight is 1290 g/mol. The minimum atomic E-state index is -4.93. The van der Waals surface area contributed by atoms with Crippen LogP contribution < -0.4 is 0 Å². The van der Waals surface area contributed by atoms with Crippen molar-refractivity contribution >= 4 is 33.6 Å². The van der Waals surface area contributed by atoms with Crippen molar-refractivity contribution in [2.45, 2.75) is 270 Å². The van der Waals surface area contributed by atoms with Crippen LogP contribution in [0.15, 0.2) is 122 Å². The molecule has 510 valence electrons. The largest absolute Gasteiger partial charge is 0.472 e. The van der Waals surface area contributed by atoms with Crippen molar-refractivity contribution in [1.29, 1.82) is 0 Å². The van der Waals surface area contributed by atoms with E-state index in [1.807, 2.05) is 0 Å². The molecule has 0 aromatic carbocycles. The maximum absolute atomic E-state index is 12.9. The van der Waals surface area contributed by atoms with Crippen LogP contribution in [0.5, 0.6) is 0 Å². The van der Waals surface area contributed by atoms with Gasteiger partial charge in [0.1, 0.15) is 25.4 Å². The molecule has 18 heteroatoms. The highest BCUT2D eigenvalue weighted by atomic mass is 31.2. The Bertz CT molecular complexity index is 2110. The summed E-state index contributed by atoms with van der Waals surface area (Å²) in [5.41, 5.74) is 0. The molecule has 0 rings (SSSR count).